The van der Waals surface area contributed by atoms with Gasteiger partial charge < -0.3 is 9.88 Å². The van der Waals surface area contributed by atoms with Crippen LogP contribution in [-0.4, -0.2) is 22.6 Å². The first-order valence-corrected chi connectivity index (χ1v) is 4.48. The van der Waals surface area contributed by atoms with E-state index in [0.29, 0.717) is 6.04 Å². The van der Waals surface area contributed by atoms with Gasteiger partial charge in [-0.15, -0.1) is 0 Å². The molecule has 1 N–H and O–H groups in total. The van der Waals surface area contributed by atoms with Gasteiger partial charge in [0.1, 0.15) is 5.82 Å². The molecule has 1 heterocycles. The van der Waals surface area contributed by atoms with Crippen LogP contribution in [0.1, 0.15) is 19.7 Å². The zero-order chi connectivity index (χ0) is 9.84. The molecule has 0 aliphatic carbocycles. The molecule has 13 heavy (non-hydrogen) atoms. The summed E-state index contributed by atoms with van der Waals surface area (Å²) in [4.78, 5) is 4.23. The Hall–Kier alpha value is -1.09. The van der Waals surface area contributed by atoms with Crippen LogP contribution in [0.2, 0.25) is 0 Å². The molecule has 3 nitrogen and oxygen atoms in total. The largest absolute Gasteiger partial charge is 0.335 e. The first-order chi connectivity index (χ1) is 6.15. The fraction of sp³-hybridized carbons (Fsp3) is 0.500. The van der Waals surface area contributed by atoms with Gasteiger partial charge in [0.25, 0.3) is 0 Å². The van der Waals surface area contributed by atoms with Gasteiger partial charge in [-0.25, -0.2) is 4.98 Å². The Balaban J connectivity index is 2.82. The van der Waals surface area contributed by atoms with Crippen LogP contribution < -0.4 is 5.32 Å². The van der Waals surface area contributed by atoms with Crippen LogP contribution in [0.25, 0.3) is 6.08 Å². The minimum absolute atomic E-state index is 0.400. The average Bonchev–Trinajstić information content (AvgIpc) is 2.50. The average molecular weight is 179 g/mol. The minimum Gasteiger partial charge on any atom is -0.335 e. The van der Waals surface area contributed by atoms with Crippen molar-refractivity contribution in [3.05, 3.63) is 23.8 Å². The van der Waals surface area contributed by atoms with Gasteiger partial charge in [0.2, 0.25) is 0 Å². The maximum Gasteiger partial charge on any atom is 0.132 e. The lowest BCUT2D eigenvalue weighted by atomic mass is 10.1. The number of aromatic nitrogens is 2. The van der Waals surface area contributed by atoms with E-state index in [0.717, 1.165) is 5.82 Å². The Labute approximate surface area is 79.5 Å². The topological polar surface area (TPSA) is 29.9 Å². The molecule has 72 valence electrons. The molecule has 1 rings (SSSR count). The van der Waals surface area contributed by atoms with Gasteiger partial charge in [-0.3, -0.25) is 0 Å². The number of aryl methyl sites for hydroxylation is 1. The summed E-state index contributed by atoms with van der Waals surface area (Å²) in [6.07, 6.45) is 5.85. The molecule has 1 aromatic heterocycles. The summed E-state index contributed by atoms with van der Waals surface area (Å²) in [7, 11) is 3.95. The molecule has 0 aliphatic heterocycles. The monoisotopic (exact) mass is 179 g/mol. The third-order valence-electron chi connectivity index (χ3n) is 2.33. The molecule has 1 atom stereocenters. The fourth-order valence-electron chi connectivity index (χ4n) is 1.07. The highest BCUT2D eigenvalue weighted by atomic mass is 15.0. The molecule has 0 radical (unpaired) electrons. The lowest BCUT2D eigenvalue weighted by molar-refractivity contribution is 0.695. The van der Waals surface area contributed by atoms with Crippen LogP contribution in [0.4, 0.5) is 0 Å². The van der Waals surface area contributed by atoms with Gasteiger partial charge in [-0.05, 0) is 27.0 Å². The maximum absolute atomic E-state index is 4.23. The van der Waals surface area contributed by atoms with E-state index in [-0.39, 0.29) is 0 Å². The summed E-state index contributed by atoms with van der Waals surface area (Å²) < 4.78 is 2.01. The van der Waals surface area contributed by atoms with Crippen LogP contribution in [0.5, 0.6) is 0 Å². The van der Waals surface area contributed by atoms with Crippen molar-refractivity contribution in [2.24, 2.45) is 7.05 Å². The molecule has 0 spiro atoms. The van der Waals surface area contributed by atoms with Crippen LogP contribution in [0.15, 0.2) is 18.0 Å². The smallest absolute Gasteiger partial charge is 0.132 e. The van der Waals surface area contributed by atoms with Crippen LogP contribution in [0.3, 0.4) is 0 Å². The Morgan fingerprint density at radius 2 is 2.38 bits per heavy atom. The van der Waals surface area contributed by atoms with Gasteiger partial charge in [0.05, 0.1) is 0 Å². The first kappa shape index (κ1) is 9.99. The summed E-state index contributed by atoms with van der Waals surface area (Å²) >= 11 is 0. The summed E-state index contributed by atoms with van der Waals surface area (Å²) in [6, 6.07) is 0.400. The van der Waals surface area contributed by atoms with E-state index in [1.807, 2.05) is 31.1 Å². The molecule has 0 bridgehead atoms. The highest BCUT2D eigenvalue weighted by molar-refractivity contribution is 5.46. The van der Waals surface area contributed by atoms with Crippen molar-refractivity contribution in [1.82, 2.24) is 14.9 Å². The summed E-state index contributed by atoms with van der Waals surface area (Å²) in [5.74, 6) is 1.000. The normalized spacial score (nSPS) is 14.6. The number of nitrogens with zero attached hydrogens (tertiary/aromatic N) is 2. The van der Waals surface area contributed by atoms with Crippen molar-refractivity contribution in [3.8, 4) is 0 Å². The van der Waals surface area contributed by atoms with E-state index in [1.165, 1.54) is 5.57 Å². The minimum atomic E-state index is 0.400. The molecule has 0 aliphatic rings. The van der Waals surface area contributed by atoms with Gasteiger partial charge >= 0.3 is 0 Å². The molecular weight excluding hydrogens is 162 g/mol. The van der Waals surface area contributed by atoms with Crippen LogP contribution in [0, 0.1) is 0 Å². The number of likely N-dealkylation sites (N-methyl/N-ethyl adjacent to an activating group) is 1. The van der Waals surface area contributed by atoms with Crippen molar-refractivity contribution >= 4 is 6.08 Å². The van der Waals surface area contributed by atoms with Crippen molar-refractivity contribution in [2.75, 3.05) is 7.05 Å². The number of hydrogen-bond acceptors (Lipinski definition) is 2. The van der Waals surface area contributed by atoms with Gasteiger partial charge in [-0.2, -0.15) is 0 Å². The molecule has 0 fully saturated rings. The molecular formula is C10H17N3. The first-order valence-electron chi connectivity index (χ1n) is 4.48. The molecule has 1 aromatic rings. The molecule has 0 saturated heterocycles. The van der Waals surface area contributed by atoms with Crippen molar-refractivity contribution in [1.29, 1.82) is 0 Å². The SMILES string of the molecule is CNC(C)/C(C)=C/c1nccn1C. The lowest BCUT2D eigenvalue weighted by Crippen LogP contribution is -2.22. The Kier molecular flexibility index (Phi) is 3.25. The quantitative estimate of drug-likeness (QED) is 0.760. The summed E-state index contributed by atoms with van der Waals surface area (Å²) in [5.41, 5.74) is 1.29. The van der Waals surface area contributed by atoms with Crippen molar-refractivity contribution in [3.63, 3.8) is 0 Å². The summed E-state index contributed by atoms with van der Waals surface area (Å²) in [5, 5.41) is 3.19. The van der Waals surface area contributed by atoms with E-state index in [9.17, 15) is 0 Å². The molecule has 1 unspecified atom stereocenters. The molecule has 0 saturated carbocycles. The predicted octanol–water partition coefficient (Wildman–Crippen LogP) is 1.43. The Bertz CT molecular complexity index is 299. The standard InChI is InChI=1S/C10H17N3/c1-8(9(2)11-3)7-10-12-5-6-13(10)4/h5-7,9,11H,1-4H3/b8-7+. The molecule has 3 heteroatoms. The lowest BCUT2D eigenvalue weighted by Gasteiger charge is -2.10. The highest BCUT2D eigenvalue weighted by Crippen LogP contribution is 2.06. The van der Waals surface area contributed by atoms with Crippen LogP contribution in [-0.2, 0) is 7.05 Å². The zero-order valence-electron chi connectivity index (χ0n) is 8.70. The molecule has 0 aromatic carbocycles. The Morgan fingerprint density at radius 3 is 2.85 bits per heavy atom. The van der Waals surface area contributed by atoms with E-state index >= 15 is 0 Å². The highest BCUT2D eigenvalue weighted by Gasteiger charge is 2.01. The maximum atomic E-state index is 4.23. The van der Waals surface area contributed by atoms with E-state index < -0.39 is 0 Å². The van der Waals surface area contributed by atoms with Crippen LogP contribution >= 0.6 is 0 Å². The van der Waals surface area contributed by atoms with Crippen molar-refractivity contribution < 1.29 is 0 Å². The second-order valence-electron chi connectivity index (χ2n) is 3.30. The Morgan fingerprint density at radius 1 is 1.69 bits per heavy atom. The van der Waals surface area contributed by atoms with E-state index in [4.69, 9.17) is 0 Å². The van der Waals surface area contributed by atoms with Gasteiger partial charge in [-0.1, -0.05) is 5.57 Å². The number of hydrogen-bond donors (Lipinski definition) is 1. The second-order valence-corrected chi connectivity index (χ2v) is 3.30. The van der Waals surface area contributed by atoms with Gasteiger partial charge in [0, 0.05) is 25.5 Å². The third-order valence-corrected chi connectivity index (χ3v) is 2.33. The number of rotatable bonds is 3. The summed E-state index contributed by atoms with van der Waals surface area (Å²) in [6.45, 7) is 4.24. The number of nitrogens with one attached hydrogen (secondary N) is 1. The third kappa shape index (κ3) is 2.42. The van der Waals surface area contributed by atoms with E-state index in [1.54, 1.807) is 0 Å². The predicted molar refractivity (Wildman–Crippen MR) is 55.4 cm³/mol. The number of imidazole rings is 1. The zero-order valence-corrected chi connectivity index (χ0v) is 8.70. The van der Waals surface area contributed by atoms with E-state index in [2.05, 4.69) is 30.2 Å². The van der Waals surface area contributed by atoms with Crippen molar-refractivity contribution in [2.45, 2.75) is 19.9 Å². The second kappa shape index (κ2) is 4.23. The van der Waals surface area contributed by atoms with Gasteiger partial charge in [0.15, 0.2) is 0 Å². The fourth-order valence-corrected chi connectivity index (χ4v) is 1.07. The molecule has 0 amide bonds.